The summed E-state index contributed by atoms with van der Waals surface area (Å²) in [6, 6.07) is 0. The van der Waals surface area contributed by atoms with E-state index in [9.17, 15) is 22.4 Å². The molecule has 0 aromatic rings. The number of esters is 1. The van der Waals surface area contributed by atoms with Gasteiger partial charge in [-0.05, 0) is 6.92 Å². The molecule has 1 rings (SSSR count). The lowest BCUT2D eigenvalue weighted by atomic mass is 10.1. The fourth-order valence-corrected chi connectivity index (χ4v) is 1.08. The van der Waals surface area contributed by atoms with Crippen LogP contribution in [0.4, 0.5) is 17.6 Å². The lowest BCUT2D eigenvalue weighted by Gasteiger charge is -2.39. The summed E-state index contributed by atoms with van der Waals surface area (Å²) in [6.07, 6.45) is -10.8. The molecule has 0 radical (unpaired) electrons. The SMILES string of the molecule is C=C(C)C(=O)OC1OCOC(O)(C(F)(F)F)C1F. The van der Waals surface area contributed by atoms with Gasteiger partial charge < -0.3 is 19.3 Å². The number of ether oxygens (including phenoxy) is 3. The molecule has 3 unspecified atom stereocenters. The molecule has 3 atom stereocenters. The normalized spacial score (nSPS) is 33.0. The Morgan fingerprint density at radius 2 is 2.11 bits per heavy atom. The zero-order valence-corrected chi connectivity index (χ0v) is 9.16. The van der Waals surface area contributed by atoms with Crippen molar-refractivity contribution in [1.82, 2.24) is 0 Å². The average molecular weight is 274 g/mol. The van der Waals surface area contributed by atoms with Gasteiger partial charge in [0.2, 0.25) is 12.5 Å². The molecule has 1 saturated heterocycles. The van der Waals surface area contributed by atoms with Crippen molar-refractivity contribution in [1.29, 1.82) is 0 Å². The summed E-state index contributed by atoms with van der Waals surface area (Å²) in [5.74, 6) is -5.22. The van der Waals surface area contributed by atoms with Crippen LogP contribution in [-0.2, 0) is 19.0 Å². The van der Waals surface area contributed by atoms with Crippen LogP contribution in [0.3, 0.4) is 0 Å². The minimum absolute atomic E-state index is 0.159. The summed E-state index contributed by atoms with van der Waals surface area (Å²) in [7, 11) is 0. The largest absolute Gasteiger partial charge is 0.446 e. The van der Waals surface area contributed by atoms with Crippen molar-refractivity contribution in [3.05, 3.63) is 12.2 Å². The Kier molecular flexibility index (Phi) is 3.99. The van der Waals surface area contributed by atoms with Crippen LogP contribution in [0.15, 0.2) is 12.2 Å². The molecular formula is C9H10F4O5. The first-order valence-electron chi connectivity index (χ1n) is 4.65. The fraction of sp³-hybridized carbons (Fsp3) is 0.667. The number of hydrogen-bond acceptors (Lipinski definition) is 5. The fourth-order valence-electron chi connectivity index (χ4n) is 1.08. The molecule has 0 amide bonds. The summed E-state index contributed by atoms with van der Waals surface area (Å²) in [4.78, 5) is 11.0. The highest BCUT2D eigenvalue weighted by Gasteiger charge is 2.66. The minimum Gasteiger partial charge on any atom is -0.429 e. The van der Waals surface area contributed by atoms with Crippen LogP contribution in [0.5, 0.6) is 0 Å². The van der Waals surface area contributed by atoms with Gasteiger partial charge in [-0.1, -0.05) is 6.58 Å². The number of aliphatic hydroxyl groups is 1. The van der Waals surface area contributed by atoms with Crippen molar-refractivity contribution in [3.63, 3.8) is 0 Å². The van der Waals surface area contributed by atoms with Gasteiger partial charge in [-0.3, -0.25) is 0 Å². The van der Waals surface area contributed by atoms with E-state index >= 15 is 0 Å². The Morgan fingerprint density at radius 1 is 1.56 bits per heavy atom. The smallest absolute Gasteiger partial charge is 0.429 e. The zero-order valence-electron chi connectivity index (χ0n) is 9.16. The number of carbonyl (C=O) groups is 1. The van der Waals surface area contributed by atoms with Crippen molar-refractivity contribution < 1.29 is 41.7 Å². The Labute approximate surface area is 98.9 Å². The maximum absolute atomic E-state index is 13.5. The van der Waals surface area contributed by atoms with E-state index < -0.39 is 37.2 Å². The lowest BCUT2D eigenvalue weighted by molar-refractivity contribution is -0.449. The van der Waals surface area contributed by atoms with Crippen LogP contribution in [0, 0.1) is 0 Å². The highest BCUT2D eigenvalue weighted by atomic mass is 19.4. The van der Waals surface area contributed by atoms with Gasteiger partial charge in [-0.2, -0.15) is 13.2 Å². The lowest BCUT2D eigenvalue weighted by Crippen LogP contribution is -2.63. The van der Waals surface area contributed by atoms with Gasteiger partial charge >= 0.3 is 17.9 Å². The summed E-state index contributed by atoms with van der Waals surface area (Å²) in [6.45, 7) is 3.30. The van der Waals surface area contributed by atoms with Gasteiger partial charge in [0.1, 0.15) is 0 Å². The summed E-state index contributed by atoms with van der Waals surface area (Å²) in [5.41, 5.74) is -0.159. The zero-order chi connectivity index (χ0) is 14.1. The van der Waals surface area contributed by atoms with Crippen molar-refractivity contribution in [3.8, 4) is 0 Å². The average Bonchev–Trinajstić information content (AvgIpc) is 2.23. The van der Waals surface area contributed by atoms with Crippen LogP contribution < -0.4 is 0 Å². The standard InChI is InChI=1S/C9H10F4O5/c1-4(2)6(14)18-7-5(10)8(15,9(11,12)13)17-3-16-7/h5,7,15H,1,3H2,2H3. The monoisotopic (exact) mass is 274 g/mol. The Balaban J connectivity index is 2.85. The molecule has 1 heterocycles. The molecule has 0 spiro atoms. The van der Waals surface area contributed by atoms with E-state index in [0.29, 0.717) is 0 Å². The molecule has 9 heteroatoms. The van der Waals surface area contributed by atoms with Crippen LogP contribution in [0.1, 0.15) is 6.92 Å². The van der Waals surface area contributed by atoms with E-state index in [1.54, 1.807) is 0 Å². The first-order valence-corrected chi connectivity index (χ1v) is 4.65. The van der Waals surface area contributed by atoms with Gasteiger partial charge in [-0.15, -0.1) is 0 Å². The van der Waals surface area contributed by atoms with Crippen LogP contribution >= 0.6 is 0 Å². The number of halogens is 4. The molecule has 1 N–H and O–H groups in total. The molecule has 1 fully saturated rings. The van der Waals surface area contributed by atoms with Crippen molar-refractivity contribution >= 4 is 5.97 Å². The van der Waals surface area contributed by atoms with E-state index in [-0.39, 0.29) is 5.57 Å². The first kappa shape index (κ1) is 14.9. The quantitative estimate of drug-likeness (QED) is 0.463. The van der Waals surface area contributed by atoms with Gasteiger partial charge in [0.25, 0.3) is 0 Å². The molecule has 0 aliphatic carbocycles. The summed E-state index contributed by atoms with van der Waals surface area (Å²) in [5, 5.41) is 9.08. The molecule has 0 aromatic heterocycles. The van der Waals surface area contributed by atoms with Gasteiger partial charge in [-0.25, -0.2) is 9.18 Å². The van der Waals surface area contributed by atoms with Gasteiger partial charge in [0.15, 0.2) is 6.79 Å². The third-order valence-corrected chi connectivity index (χ3v) is 2.10. The highest BCUT2D eigenvalue weighted by molar-refractivity contribution is 5.87. The van der Waals surface area contributed by atoms with E-state index in [1.807, 2.05) is 0 Å². The van der Waals surface area contributed by atoms with E-state index in [0.717, 1.165) is 0 Å². The predicted octanol–water partition coefficient (Wildman–Crippen LogP) is 1.03. The maximum atomic E-state index is 13.5. The Bertz CT molecular complexity index is 355. The summed E-state index contributed by atoms with van der Waals surface area (Å²) >= 11 is 0. The summed E-state index contributed by atoms with van der Waals surface area (Å²) < 4.78 is 63.2. The van der Waals surface area contributed by atoms with Crippen LogP contribution in [0.25, 0.3) is 0 Å². The number of carbonyl (C=O) groups excluding carboxylic acids is 1. The molecule has 0 aromatic carbocycles. The predicted molar refractivity (Wildman–Crippen MR) is 47.6 cm³/mol. The minimum atomic E-state index is -5.40. The van der Waals surface area contributed by atoms with Crippen LogP contribution in [-0.4, -0.2) is 42.3 Å². The molecule has 0 saturated carbocycles. The molecule has 18 heavy (non-hydrogen) atoms. The first-order chi connectivity index (χ1) is 8.09. The second-order valence-corrected chi connectivity index (χ2v) is 3.58. The maximum Gasteiger partial charge on any atom is 0.446 e. The second-order valence-electron chi connectivity index (χ2n) is 3.58. The molecule has 104 valence electrons. The second kappa shape index (κ2) is 4.82. The molecule has 0 bridgehead atoms. The molecule has 1 aliphatic rings. The van der Waals surface area contributed by atoms with Gasteiger partial charge in [0, 0.05) is 5.57 Å². The van der Waals surface area contributed by atoms with Crippen molar-refractivity contribution in [2.45, 2.75) is 31.3 Å². The third kappa shape index (κ3) is 2.62. The number of hydrogen-bond donors (Lipinski definition) is 1. The van der Waals surface area contributed by atoms with Crippen molar-refractivity contribution in [2.75, 3.05) is 6.79 Å². The molecule has 5 nitrogen and oxygen atoms in total. The van der Waals surface area contributed by atoms with Crippen LogP contribution in [0.2, 0.25) is 0 Å². The number of rotatable bonds is 2. The third-order valence-electron chi connectivity index (χ3n) is 2.10. The molecule has 1 aliphatic heterocycles. The number of alkyl halides is 4. The Hall–Kier alpha value is -1.19. The van der Waals surface area contributed by atoms with Gasteiger partial charge in [0.05, 0.1) is 0 Å². The van der Waals surface area contributed by atoms with E-state index in [2.05, 4.69) is 20.8 Å². The Morgan fingerprint density at radius 3 is 2.56 bits per heavy atom. The topological polar surface area (TPSA) is 65.0 Å². The van der Waals surface area contributed by atoms with E-state index in [4.69, 9.17) is 5.11 Å². The van der Waals surface area contributed by atoms with Crippen molar-refractivity contribution in [2.24, 2.45) is 0 Å². The molecular weight excluding hydrogens is 264 g/mol. The highest BCUT2D eigenvalue weighted by Crippen LogP contribution is 2.40. The van der Waals surface area contributed by atoms with E-state index in [1.165, 1.54) is 6.92 Å².